The van der Waals surface area contributed by atoms with E-state index >= 15 is 0 Å². The lowest BCUT2D eigenvalue weighted by Crippen LogP contribution is -2.11. The van der Waals surface area contributed by atoms with Gasteiger partial charge in [-0.15, -0.1) is 0 Å². The fourth-order valence-electron chi connectivity index (χ4n) is 1.41. The van der Waals surface area contributed by atoms with Crippen LogP contribution in [0.5, 0.6) is 0 Å². The molecular weight excluding hydrogens is 240 g/mol. The van der Waals surface area contributed by atoms with E-state index in [9.17, 15) is 4.79 Å². The Morgan fingerprint density at radius 1 is 1.41 bits per heavy atom. The minimum Gasteiger partial charge on any atom is -0.452 e. The Hall–Kier alpha value is -1.94. The van der Waals surface area contributed by atoms with Crippen LogP contribution in [0, 0.1) is 6.92 Å². The summed E-state index contributed by atoms with van der Waals surface area (Å²) in [6.45, 7) is 1.87. The Bertz CT molecular complexity index is 563. The molecule has 0 aliphatic rings. The smallest absolute Gasteiger partial charge is 0.260 e. The fraction of sp³-hybridized carbons (Fsp3) is 0.0833. The molecule has 1 amide bonds. The van der Waals surface area contributed by atoms with Gasteiger partial charge in [0.25, 0.3) is 5.91 Å². The average Bonchev–Trinajstić information content (AvgIpc) is 2.70. The van der Waals surface area contributed by atoms with Gasteiger partial charge in [0.1, 0.15) is 0 Å². The molecule has 0 fully saturated rings. The summed E-state index contributed by atoms with van der Waals surface area (Å²) in [5.74, 6) is -0.312. The van der Waals surface area contributed by atoms with Crippen LogP contribution in [-0.4, -0.2) is 5.91 Å². The Morgan fingerprint density at radius 3 is 2.76 bits per heavy atom. The summed E-state index contributed by atoms with van der Waals surface area (Å²) in [7, 11) is 0. The van der Waals surface area contributed by atoms with Crippen LogP contribution in [0.15, 0.2) is 34.9 Å². The van der Waals surface area contributed by atoms with Crippen molar-refractivity contribution in [3.63, 3.8) is 0 Å². The molecule has 0 aliphatic carbocycles. The van der Waals surface area contributed by atoms with Crippen LogP contribution in [-0.2, 0) is 0 Å². The van der Waals surface area contributed by atoms with Crippen molar-refractivity contribution in [2.75, 3.05) is 11.1 Å². The van der Waals surface area contributed by atoms with Crippen molar-refractivity contribution >= 4 is 28.9 Å². The fourth-order valence-corrected chi connectivity index (χ4v) is 1.61. The molecule has 1 aromatic carbocycles. The van der Waals surface area contributed by atoms with Crippen molar-refractivity contribution in [3.8, 4) is 0 Å². The van der Waals surface area contributed by atoms with E-state index in [0.29, 0.717) is 16.9 Å². The van der Waals surface area contributed by atoms with Gasteiger partial charge in [-0.3, -0.25) is 4.79 Å². The molecule has 17 heavy (non-hydrogen) atoms. The van der Waals surface area contributed by atoms with Gasteiger partial charge in [-0.25, -0.2) is 0 Å². The summed E-state index contributed by atoms with van der Waals surface area (Å²) in [6.07, 6.45) is 1.37. The number of carbonyl (C=O) groups is 1. The van der Waals surface area contributed by atoms with Crippen LogP contribution < -0.4 is 11.1 Å². The van der Waals surface area contributed by atoms with E-state index in [4.69, 9.17) is 21.8 Å². The highest BCUT2D eigenvalue weighted by Gasteiger charge is 2.13. The van der Waals surface area contributed by atoms with E-state index in [1.807, 2.05) is 6.92 Å². The monoisotopic (exact) mass is 250 g/mol. The Balaban J connectivity index is 2.19. The molecule has 3 N–H and O–H groups in total. The van der Waals surface area contributed by atoms with Crippen LogP contribution in [0.25, 0.3) is 0 Å². The number of nitrogen functional groups attached to an aromatic ring is 1. The van der Waals surface area contributed by atoms with E-state index < -0.39 is 0 Å². The van der Waals surface area contributed by atoms with Gasteiger partial charge in [-0.05, 0) is 48.4 Å². The van der Waals surface area contributed by atoms with Crippen molar-refractivity contribution in [1.82, 2.24) is 0 Å². The highest BCUT2D eigenvalue weighted by Crippen LogP contribution is 2.20. The van der Waals surface area contributed by atoms with Crippen molar-refractivity contribution in [3.05, 3.63) is 46.9 Å². The van der Waals surface area contributed by atoms with Gasteiger partial charge in [0.2, 0.25) is 5.22 Å². The highest BCUT2D eigenvalue weighted by molar-refractivity contribution is 6.32. The Labute approximate surface area is 103 Å². The maximum absolute atomic E-state index is 11.8. The molecule has 88 valence electrons. The quantitative estimate of drug-likeness (QED) is 0.805. The standard InChI is InChI=1S/C12H11ClN2O2/c1-7-6-8(2-3-10(7)14)15-12(16)9-4-5-17-11(9)13/h2-6H,14H2,1H3,(H,15,16). The number of aryl methyl sites for hydroxylation is 1. The first-order valence-electron chi connectivity index (χ1n) is 4.98. The number of anilines is 2. The van der Waals surface area contributed by atoms with E-state index in [-0.39, 0.29) is 11.1 Å². The molecule has 0 saturated heterocycles. The number of nitrogens with one attached hydrogen (secondary N) is 1. The summed E-state index contributed by atoms with van der Waals surface area (Å²) < 4.78 is 4.85. The van der Waals surface area contributed by atoms with Crippen molar-refractivity contribution in [2.24, 2.45) is 0 Å². The van der Waals surface area contributed by atoms with E-state index in [1.165, 1.54) is 12.3 Å². The van der Waals surface area contributed by atoms with Crippen molar-refractivity contribution in [2.45, 2.75) is 6.92 Å². The number of furan rings is 1. The van der Waals surface area contributed by atoms with E-state index in [0.717, 1.165) is 5.56 Å². The summed E-state index contributed by atoms with van der Waals surface area (Å²) in [4.78, 5) is 11.8. The van der Waals surface area contributed by atoms with Gasteiger partial charge < -0.3 is 15.5 Å². The van der Waals surface area contributed by atoms with E-state index in [2.05, 4.69) is 5.32 Å². The Kier molecular flexibility index (Phi) is 3.06. The third kappa shape index (κ3) is 2.42. The molecule has 0 atom stereocenters. The molecular formula is C12H11ClN2O2. The number of carbonyl (C=O) groups excluding carboxylic acids is 1. The number of nitrogens with two attached hydrogens (primary N) is 1. The molecule has 0 radical (unpaired) electrons. The summed E-state index contributed by atoms with van der Waals surface area (Å²) >= 11 is 5.71. The normalized spacial score (nSPS) is 10.2. The minimum absolute atomic E-state index is 0.0784. The molecule has 4 nitrogen and oxygen atoms in total. The number of amides is 1. The van der Waals surface area contributed by atoms with Crippen LogP contribution in [0.2, 0.25) is 5.22 Å². The minimum atomic E-state index is -0.312. The first kappa shape index (κ1) is 11.5. The molecule has 2 rings (SSSR count). The third-order valence-electron chi connectivity index (χ3n) is 2.39. The molecule has 0 aliphatic heterocycles. The molecule has 0 saturated carbocycles. The van der Waals surface area contributed by atoms with Crippen LogP contribution in [0.4, 0.5) is 11.4 Å². The molecule has 0 spiro atoms. The molecule has 1 aromatic heterocycles. The zero-order chi connectivity index (χ0) is 12.4. The topological polar surface area (TPSA) is 68.3 Å². The first-order chi connectivity index (χ1) is 8.08. The summed E-state index contributed by atoms with van der Waals surface area (Å²) in [6, 6.07) is 6.78. The van der Waals surface area contributed by atoms with Gasteiger partial charge in [0, 0.05) is 11.4 Å². The van der Waals surface area contributed by atoms with Gasteiger partial charge in [0.05, 0.1) is 11.8 Å². The van der Waals surface area contributed by atoms with Crippen LogP contribution >= 0.6 is 11.6 Å². The number of hydrogen-bond acceptors (Lipinski definition) is 3. The molecule has 5 heteroatoms. The summed E-state index contributed by atoms with van der Waals surface area (Å²) in [5.41, 5.74) is 8.25. The zero-order valence-corrected chi connectivity index (χ0v) is 9.91. The highest BCUT2D eigenvalue weighted by atomic mass is 35.5. The third-order valence-corrected chi connectivity index (χ3v) is 2.68. The molecule has 0 unspecified atom stereocenters. The largest absolute Gasteiger partial charge is 0.452 e. The van der Waals surface area contributed by atoms with Crippen molar-refractivity contribution < 1.29 is 9.21 Å². The number of hydrogen-bond donors (Lipinski definition) is 2. The maximum atomic E-state index is 11.8. The lowest BCUT2D eigenvalue weighted by Gasteiger charge is -2.06. The summed E-state index contributed by atoms with van der Waals surface area (Å²) in [5, 5.41) is 2.79. The van der Waals surface area contributed by atoms with Gasteiger partial charge in [0.15, 0.2) is 0 Å². The second-order valence-corrected chi connectivity index (χ2v) is 3.98. The molecule has 2 aromatic rings. The average molecular weight is 251 g/mol. The number of rotatable bonds is 2. The van der Waals surface area contributed by atoms with Gasteiger partial charge >= 0.3 is 0 Å². The SMILES string of the molecule is Cc1cc(NC(=O)c2ccoc2Cl)ccc1N. The van der Waals surface area contributed by atoms with Gasteiger partial charge in [-0.2, -0.15) is 0 Å². The molecule has 1 heterocycles. The second-order valence-electron chi connectivity index (χ2n) is 3.63. The lowest BCUT2D eigenvalue weighted by atomic mass is 10.2. The van der Waals surface area contributed by atoms with Crippen LogP contribution in [0.1, 0.15) is 15.9 Å². The van der Waals surface area contributed by atoms with Crippen LogP contribution in [0.3, 0.4) is 0 Å². The molecule has 0 bridgehead atoms. The Morgan fingerprint density at radius 2 is 2.18 bits per heavy atom. The second kappa shape index (κ2) is 4.51. The number of halogens is 1. The van der Waals surface area contributed by atoms with E-state index in [1.54, 1.807) is 18.2 Å². The number of benzene rings is 1. The van der Waals surface area contributed by atoms with Crippen molar-refractivity contribution in [1.29, 1.82) is 0 Å². The zero-order valence-electron chi connectivity index (χ0n) is 9.16. The maximum Gasteiger partial charge on any atom is 0.260 e. The lowest BCUT2D eigenvalue weighted by molar-refractivity contribution is 0.102. The first-order valence-corrected chi connectivity index (χ1v) is 5.36. The predicted molar refractivity (Wildman–Crippen MR) is 67.3 cm³/mol. The predicted octanol–water partition coefficient (Wildman–Crippen LogP) is 3.08. The van der Waals surface area contributed by atoms with Gasteiger partial charge in [-0.1, -0.05) is 0 Å².